The number of rotatable bonds is 4. The van der Waals surface area contributed by atoms with E-state index in [1.165, 1.54) is 24.0 Å². The fraction of sp³-hybridized carbons (Fsp3) is 0.474. The van der Waals surface area contributed by atoms with Crippen molar-refractivity contribution in [3.63, 3.8) is 0 Å². The minimum atomic E-state index is 0.534. The van der Waals surface area contributed by atoms with E-state index in [0.29, 0.717) is 6.04 Å². The van der Waals surface area contributed by atoms with Crippen LogP contribution in [0, 0.1) is 13.8 Å². The van der Waals surface area contributed by atoms with Crippen LogP contribution in [0.15, 0.2) is 36.7 Å². The summed E-state index contributed by atoms with van der Waals surface area (Å²) in [6.07, 6.45) is 6.12. The minimum Gasteiger partial charge on any atom is -0.341 e. The van der Waals surface area contributed by atoms with Gasteiger partial charge < -0.3 is 4.90 Å². The van der Waals surface area contributed by atoms with Gasteiger partial charge in [-0.25, -0.2) is 9.97 Å². The van der Waals surface area contributed by atoms with Gasteiger partial charge in [-0.2, -0.15) is 0 Å². The average Bonchev–Trinajstić information content (AvgIpc) is 2.56. The SMILES string of the molecule is Cc1cnc(N(C)C2CCN(Cc3cccc(C)c3)CC2)nc1. The van der Waals surface area contributed by atoms with Crippen molar-refractivity contribution < 1.29 is 0 Å². The number of nitrogens with zero attached hydrogens (tertiary/aromatic N) is 4. The Morgan fingerprint density at radius 1 is 1.09 bits per heavy atom. The summed E-state index contributed by atoms with van der Waals surface area (Å²) in [6, 6.07) is 9.36. The molecule has 2 aromatic rings. The van der Waals surface area contributed by atoms with Gasteiger partial charge in [-0.15, -0.1) is 0 Å². The number of anilines is 1. The molecule has 1 aliphatic heterocycles. The molecule has 2 heterocycles. The second kappa shape index (κ2) is 7.09. The van der Waals surface area contributed by atoms with Gasteiger partial charge in [-0.3, -0.25) is 4.90 Å². The summed E-state index contributed by atoms with van der Waals surface area (Å²) in [7, 11) is 2.12. The van der Waals surface area contributed by atoms with Crippen LogP contribution in [-0.4, -0.2) is 41.0 Å². The van der Waals surface area contributed by atoms with Crippen molar-refractivity contribution in [3.05, 3.63) is 53.3 Å². The van der Waals surface area contributed by atoms with Gasteiger partial charge in [0.25, 0.3) is 0 Å². The van der Waals surface area contributed by atoms with Crippen LogP contribution in [0.2, 0.25) is 0 Å². The Hall–Kier alpha value is -1.94. The molecule has 0 radical (unpaired) electrons. The molecule has 1 fully saturated rings. The van der Waals surface area contributed by atoms with Gasteiger partial charge in [0.05, 0.1) is 0 Å². The summed E-state index contributed by atoms with van der Waals surface area (Å²) in [4.78, 5) is 13.7. The molecule has 23 heavy (non-hydrogen) atoms. The van der Waals surface area contributed by atoms with Crippen LogP contribution in [0.1, 0.15) is 29.5 Å². The molecule has 1 aromatic carbocycles. The molecule has 1 aliphatic rings. The molecular weight excluding hydrogens is 284 g/mol. The van der Waals surface area contributed by atoms with Crippen LogP contribution >= 0.6 is 0 Å². The highest BCUT2D eigenvalue weighted by Gasteiger charge is 2.23. The first-order valence-electron chi connectivity index (χ1n) is 8.41. The average molecular weight is 310 g/mol. The highest BCUT2D eigenvalue weighted by atomic mass is 15.3. The summed E-state index contributed by atoms with van der Waals surface area (Å²) in [5, 5.41) is 0. The minimum absolute atomic E-state index is 0.534. The predicted octanol–water partition coefficient (Wildman–Crippen LogP) is 3.19. The summed E-state index contributed by atoms with van der Waals surface area (Å²) >= 11 is 0. The smallest absolute Gasteiger partial charge is 0.225 e. The molecule has 0 saturated carbocycles. The Kier molecular flexibility index (Phi) is 4.91. The largest absolute Gasteiger partial charge is 0.341 e. The van der Waals surface area contributed by atoms with Gasteiger partial charge in [-0.1, -0.05) is 29.8 Å². The summed E-state index contributed by atoms with van der Waals surface area (Å²) in [6.45, 7) is 7.50. The van der Waals surface area contributed by atoms with Gasteiger partial charge in [0, 0.05) is 45.1 Å². The molecule has 122 valence electrons. The lowest BCUT2D eigenvalue weighted by atomic mass is 10.0. The first kappa shape index (κ1) is 15.9. The number of aromatic nitrogens is 2. The van der Waals surface area contributed by atoms with E-state index in [1.807, 2.05) is 19.3 Å². The van der Waals surface area contributed by atoms with Gasteiger partial charge >= 0.3 is 0 Å². The van der Waals surface area contributed by atoms with Crippen LogP contribution in [-0.2, 0) is 6.54 Å². The fourth-order valence-electron chi connectivity index (χ4n) is 3.26. The quantitative estimate of drug-likeness (QED) is 0.868. The van der Waals surface area contributed by atoms with E-state index in [-0.39, 0.29) is 0 Å². The van der Waals surface area contributed by atoms with Crippen LogP contribution < -0.4 is 4.90 Å². The molecule has 3 rings (SSSR count). The van der Waals surface area contributed by atoms with Crippen molar-refractivity contribution in [3.8, 4) is 0 Å². The van der Waals surface area contributed by atoms with Crippen molar-refractivity contribution in [2.75, 3.05) is 25.0 Å². The molecule has 0 spiro atoms. The second-order valence-electron chi connectivity index (χ2n) is 6.67. The highest BCUT2D eigenvalue weighted by molar-refractivity contribution is 5.30. The normalized spacial score (nSPS) is 16.5. The Morgan fingerprint density at radius 3 is 2.43 bits per heavy atom. The lowest BCUT2D eigenvalue weighted by Crippen LogP contribution is -2.43. The molecule has 4 heteroatoms. The molecule has 1 aromatic heterocycles. The van der Waals surface area contributed by atoms with Crippen LogP contribution in [0.3, 0.4) is 0 Å². The second-order valence-corrected chi connectivity index (χ2v) is 6.67. The highest BCUT2D eigenvalue weighted by Crippen LogP contribution is 2.20. The number of hydrogen-bond acceptors (Lipinski definition) is 4. The molecule has 0 unspecified atom stereocenters. The van der Waals surface area contributed by atoms with Crippen molar-refractivity contribution in [1.82, 2.24) is 14.9 Å². The molecule has 4 nitrogen and oxygen atoms in total. The summed E-state index contributed by atoms with van der Waals surface area (Å²) < 4.78 is 0. The van der Waals surface area contributed by atoms with Crippen LogP contribution in [0.5, 0.6) is 0 Å². The number of piperidine rings is 1. The summed E-state index contributed by atoms with van der Waals surface area (Å²) in [5.74, 6) is 0.840. The molecule has 0 atom stereocenters. The first-order chi connectivity index (χ1) is 11.1. The zero-order chi connectivity index (χ0) is 16.2. The van der Waals surface area contributed by atoms with Crippen LogP contribution in [0.25, 0.3) is 0 Å². The number of benzene rings is 1. The van der Waals surface area contributed by atoms with Crippen molar-refractivity contribution in [2.45, 2.75) is 39.3 Å². The van der Waals surface area contributed by atoms with Crippen molar-refractivity contribution in [1.29, 1.82) is 0 Å². The molecule has 0 bridgehead atoms. The number of aryl methyl sites for hydroxylation is 2. The molecular formula is C19H26N4. The third-order valence-corrected chi connectivity index (χ3v) is 4.68. The van der Waals surface area contributed by atoms with Gasteiger partial charge in [0.2, 0.25) is 5.95 Å². The van der Waals surface area contributed by atoms with E-state index in [4.69, 9.17) is 0 Å². The van der Waals surface area contributed by atoms with Crippen LogP contribution in [0.4, 0.5) is 5.95 Å². The Labute approximate surface area is 139 Å². The van der Waals surface area contributed by atoms with Gasteiger partial charge in [-0.05, 0) is 37.8 Å². The molecule has 1 saturated heterocycles. The standard InChI is InChI=1S/C19H26N4/c1-15-5-4-6-17(11-15)14-23-9-7-18(8-10-23)22(3)19-20-12-16(2)13-21-19/h4-6,11-13,18H,7-10,14H2,1-3H3. The predicted molar refractivity (Wildman–Crippen MR) is 94.7 cm³/mol. The maximum absolute atomic E-state index is 4.45. The lowest BCUT2D eigenvalue weighted by Gasteiger charge is -2.36. The third kappa shape index (κ3) is 4.08. The topological polar surface area (TPSA) is 32.3 Å². The molecule has 0 amide bonds. The monoisotopic (exact) mass is 310 g/mol. The molecule has 0 N–H and O–H groups in total. The van der Waals surface area contributed by atoms with E-state index in [1.54, 1.807) is 0 Å². The summed E-state index contributed by atoms with van der Waals surface area (Å²) in [5.41, 5.74) is 3.86. The zero-order valence-electron chi connectivity index (χ0n) is 14.4. The maximum Gasteiger partial charge on any atom is 0.225 e. The van der Waals surface area contributed by atoms with Crippen molar-refractivity contribution in [2.24, 2.45) is 0 Å². The lowest BCUT2D eigenvalue weighted by molar-refractivity contribution is 0.203. The van der Waals surface area contributed by atoms with Gasteiger partial charge in [0.1, 0.15) is 0 Å². The Morgan fingerprint density at radius 2 is 1.78 bits per heavy atom. The van der Waals surface area contributed by atoms with E-state index in [0.717, 1.165) is 31.1 Å². The van der Waals surface area contributed by atoms with E-state index in [9.17, 15) is 0 Å². The van der Waals surface area contributed by atoms with E-state index >= 15 is 0 Å². The Bertz CT molecular complexity index is 630. The number of hydrogen-bond donors (Lipinski definition) is 0. The van der Waals surface area contributed by atoms with Crippen molar-refractivity contribution >= 4 is 5.95 Å². The zero-order valence-corrected chi connectivity index (χ0v) is 14.4. The van der Waals surface area contributed by atoms with E-state index < -0.39 is 0 Å². The first-order valence-corrected chi connectivity index (χ1v) is 8.41. The van der Waals surface area contributed by atoms with E-state index in [2.05, 4.69) is 58.0 Å². The van der Waals surface area contributed by atoms with Gasteiger partial charge in [0.15, 0.2) is 0 Å². The molecule has 0 aliphatic carbocycles. The Balaban J connectivity index is 1.54. The fourth-order valence-corrected chi connectivity index (χ4v) is 3.26. The maximum atomic E-state index is 4.45. The third-order valence-electron chi connectivity index (χ3n) is 4.68. The number of likely N-dealkylation sites (tertiary alicyclic amines) is 1.